The molecule has 170 valence electrons. The van der Waals surface area contributed by atoms with Crippen LogP contribution in [0.3, 0.4) is 0 Å². The summed E-state index contributed by atoms with van der Waals surface area (Å²) in [5, 5.41) is 9.69. The number of benzene rings is 2. The van der Waals surface area contributed by atoms with Crippen molar-refractivity contribution >= 4 is 51.0 Å². The van der Waals surface area contributed by atoms with E-state index in [0.717, 1.165) is 52.5 Å². The fourth-order valence-corrected chi connectivity index (χ4v) is 6.69. The number of amides is 1. The Balaban J connectivity index is 1.32. The Morgan fingerprint density at radius 3 is 2.58 bits per heavy atom. The lowest BCUT2D eigenvalue weighted by Crippen LogP contribution is -2.38. The van der Waals surface area contributed by atoms with Crippen LogP contribution in [0.25, 0.3) is 15.9 Å². The van der Waals surface area contributed by atoms with E-state index < -0.39 is 0 Å². The van der Waals surface area contributed by atoms with Gasteiger partial charge in [-0.05, 0) is 43.0 Å². The van der Waals surface area contributed by atoms with Crippen molar-refractivity contribution in [3.05, 3.63) is 60.4 Å². The molecule has 5 rings (SSSR count). The van der Waals surface area contributed by atoms with Crippen molar-refractivity contribution in [1.29, 1.82) is 0 Å². The largest absolute Gasteiger partial charge is 0.342 e. The number of nitrogens with zero attached hydrogens (tertiary/aromatic N) is 5. The lowest BCUT2D eigenvalue weighted by molar-refractivity contribution is -0.129. The number of hydrogen-bond donors (Lipinski definition) is 0. The van der Waals surface area contributed by atoms with Crippen LogP contribution in [0.15, 0.2) is 64.1 Å². The van der Waals surface area contributed by atoms with Crippen molar-refractivity contribution in [2.45, 2.75) is 35.0 Å². The minimum Gasteiger partial charge on any atom is -0.342 e. The van der Waals surface area contributed by atoms with Crippen LogP contribution in [-0.4, -0.2) is 49.4 Å². The maximum atomic E-state index is 12.8. The van der Waals surface area contributed by atoms with Crippen LogP contribution < -0.4 is 0 Å². The molecule has 0 unspecified atom stereocenters. The molecule has 1 aliphatic rings. The number of piperidine rings is 1. The first-order valence-corrected chi connectivity index (χ1v) is 13.8. The van der Waals surface area contributed by atoms with Crippen molar-refractivity contribution in [2.75, 3.05) is 18.8 Å². The van der Waals surface area contributed by atoms with Crippen LogP contribution in [0.1, 0.15) is 25.6 Å². The first kappa shape index (κ1) is 22.4. The van der Waals surface area contributed by atoms with E-state index in [2.05, 4.69) is 27.8 Å². The standard InChI is InChI=1S/C24H25N5OS3/c1-17-11-13-28(14-12-17)22(30)16-31-23-27-26-21(29(23)18-7-3-2-4-8-18)15-32-24-25-19-9-5-6-10-20(19)33-24/h2-10,17H,11-16H2,1H3. The van der Waals surface area contributed by atoms with E-state index in [9.17, 15) is 4.79 Å². The molecule has 0 N–H and O–H groups in total. The highest BCUT2D eigenvalue weighted by Crippen LogP contribution is 2.32. The van der Waals surface area contributed by atoms with Crippen LogP contribution in [-0.2, 0) is 10.5 Å². The predicted molar refractivity (Wildman–Crippen MR) is 136 cm³/mol. The molecule has 4 aromatic rings. The van der Waals surface area contributed by atoms with E-state index >= 15 is 0 Å². The Bertz CT molecular complexity index is 1200. The third kappa shape index (κ3) is 5.26. The Labute approximate surface area is 205 Å². The summed E-state index contributed by atoms with van der Waals surface area (Å²) in [7, 11) is 0. The van der Waals surface area contributed by atoms with Crippen molar-refractivity contribution < 1.29 is 4.79 Å². The molecule has 0 bridgehead atoms. The minimum absolute atomic E-state index is 0.180. The molecule has 33 heavy (non-hydrogen) atoms. The topological polar surface area (TPSA) is 63.9 Å². The number of hydrogen-bond acceptors (Lipinski definition) is 7. The summed E-state index contributed by atoms with van der Waals surface area (Å²) in [5.74, 6) is 2.77. The molecule has 0 saturated carbocycles. The van der Waals surface area contributed by atoms with E-state index in [1.54, 1.807) is 23.1 Å². The van der Waals surface area contributed by atoms with Gasteiger partial charge in [-0.1, -0.05) is 60.8 Å². The monoisotopic (exact) mass is 495 g/mol. The Kier molecular flexibility index (Phi) is 6.99. The Morgan fingerprint density at radius 2 is 1.79 bits per heavy atom. The molecular weight excluding hydrogens is 470 g/mol. The number of carbonyl (C=O) groups is 1. The lowest BCUT2D eigenvalue weighted by atomic mass is 9.99. The SMILES string of the molecule is CC1CCN(C(=O)CSc2nnc(CSc3nc4ccccc4s3)n2-c2ccccc2)CC1. The van der Waals surface area contributed by atoms with Gasteiger partial charge >= 0.3 is 0 Å². The summed E-state index contributed by atoms with van der Waals surface area (Å²) in [6, 6.07) is 18.3. The number of fused-ring (bicyclic) bond motifs is 1. The molecule has 2 aromatic heterocycles. The third-order valence-electron chi connectivity index (χ3n) is 5.77. The van der Waals surface area contributed by atoms with Crippen LogP contribution >= 0.6 is 34.9 Å². The number of thiazole rings is 1. The normalized spacial score (nSPS) is 14.8. The molecule has 1 aliphatic heterocycles. The van der Waals surface area contributed by atoms with Crippen LogP contribution in [0, 0.1) is 5.92 Å². The Morgan fingerprint density at radius 1 is 1.03 bits per heavy atom. The quantitative estimate of drug-likeness (QED) is 0.315. The van der Waals surface area contributed by atoms with Gasteiger partial charge in [0.15, 0.2) is 9.50 Å². The van der Waals surface area contributed by atoms with E-state index in [1.807, 2.05) is 53.4 Å². The van der Waals surface area contributed by atoms with E-state index in [-0.39, 0.29) is 5.91 Å². The first-order valence-electron chi connectivity index (χ1n) is 11.1. The Hall–Kier alpha value is -2.36. The third-order valence-corrected chi connectivity index (χ3v) is 8.86. The zero-order valence-corrected chi connectivity index (χ0v) is 20.8. The van der Waals surface area contributed by atoms with E-state index in [0.29, 0.717) is 17.4 Å². The van der Waals surface area contributed by atoms with Gasteiger partial charge in [-0.25, -0.2) is 4.98 Å². The van der Waals surface area contributed by atoms with Gasteiger partial charge < -0.3 is 4.90 Å². The second kappa shape index (κ2) is 10.3. The second-order valence-electron chi connectivity index (χ2n) is 8.16. The first-order chi connectivity index (χ1) is 16.2. The molecule has 1 fully saturated rings. The summed E-state index contributed by atoms with van der Waals surface area (Å²) in [6.45, 7) is 3.97. The summed E-state index contributed by atoms with van der Waals surface area (Å²) < 4.78 is 4.27. The molecule has 1 amide bonds. The zero-order chi connectivity index (χ0) is 22.6. The van der Waals surface area contributed by atoms with Crippen LogP contribution in [0.4, 0.5) is 0 Å². The molecule has 2 aromatic carbocycles. The summed E-state index contributed by atoms with van der Waals surface area (Å²) in [4.78, 5) is 19.5. The average molecular weight is 496 g/mol. The maximum Gasteiger partial charge on any atom is 0.233 e. The fourth-order valence-electron chi connectivity index (χ4n) is 3.84. The number of likely N-dealkylation sites (tertiary alicyclic amines) is 1. The molecule has 9 heteroatoms. The molecule has 6 nitrogen and oxygen atoms in total. The fraction of sp³-hybridized carbons (Fsp3) is 0.333. The zero-order valence-electron chi connectivity index (χ0n) is 18.4. The van der Waals surface area contributed by atoms with Gasteiger partial charge in [-0.3, -0.25) is 9.36 Å². The van der Waals surface area contributed by atoms with Crippen LogP contribution in [0.5, 0.6) is 0 Å². The van der Waals surface area contributed by atoms with Gasteiger partial charge in [0, 0.05) is 18.8 Å². The van der Waals surface area contributed by atoms with Gasteiger partial charge in [-0.15, -0.1) is 21.5 Å². The highest BCUT2D eigenvalue weighted by atomic mass is 32.2. The number of carbonyl (C=O) groups excluding carboxylic acids is 1. The number of aromatic nitrogens is 4. The molecule has 0 atom stereocenters. The summed E-state index contributed by atoms with van der Waals surface area (Å²) in [6.07, 6.45) is 2.17. The highest BCUT2D eigenvalue weighted by Gasteiger charge is 2.22. The van der Waals surface area contributed by atoms with Gasteiger partial charge in [0.1, 0.15) is 5.82 Å². The summed E-state index contributed by atoms with van der Waals surface area (Å²) >= 11 is 4.83. The van der Waals surface area contributed by atoms with Gasteiger partial charge in [0.25, 0.3) is 0 Å². The van der Waals surface area contributed by atoms with E-state index in [4.69, 9.17) is 4.98 Å². The van der Waals surface area contributed by atoms with Gasteiger partial charge in [-0.2, -0.15) is 0 Å². The van der Waals surface area contributed by atoms with Crippen molar-refractivity contribution in [3.63, 3.8) is 0 Å². The van der Waals surface area contributed by atoms with Gasteiger partial charge in [0.2, 0.25) is 5.91 Å². The van der Waals surface area contributed by atoms with Crippen molar-refractivity contribution in [3.8, 4) is 5.69 Å². The number of thioether (sulfide) groups is 2. The molecule has 1 saturated heterocycles. The lowest BCUT2D eigenvalue weighted by Gasteiger charge is -2.30. The molecule has 3 heterocycles. The highest BCUT2D eigenvalue weighted by molar-refractivity contribution is 8.00. The summed E-state index contributed by atoms with van der Waals surface area (Å²) in [5.41, 5.74) is 2.03. The number of rotatable bonds is 7. The van der Waals surface area contributed by atoms with Crippen molar-refractivity contribution in [2.24, 2.45) is 5.92 Å². The molecule has 0 radical (unpaired) electrons. The van der Waals surface area contributed by atoms with Crippen molar-refractivity contribution in [1.82, 2.24) is 24.6 Å². The molecule has 0 spiro atoms. The molecular formula is C24H25N5OS3. The second-order valence-corrected chi connectivity index (χ2v) is 11.4. The predicted octanol–water partition coefficient (Wildman–Crippen LogP) is 5.52. The van der Waals surface area contributed by atoms with E-state index in [1.165, 1.54) is 16.5 Å². The minimum atomic E-state index is 0.180. The number of para-hydroxylation sites is 2. The average Bonchev–Trinajstić information content (AvgIpc) is 3.45. The van der Waals surface area contributed by atoms with Gasteiger partial charge in [0.05, 0.1) is 21.7 Å². The maximum absolute atomic E-state index is 12.8. The smallest absolute Gasteiger partial charge is 0.233 e. The molecule has 0 aliphatic carbocycles. The van der Waals surface area contributed by atoms with Crippen LogP contribution in [0.2, 0.25) is 0 Å².